The van der Waals surface area contributed by atoms with Crippen molar-refractivity contribution in [3.8, 4) is 0 Å². The second kappa shape index (κ2) is 4.18. The average molecular weight is 171 g/mol. The van der Waals surface area contributed by atoms with Crippen molar-refractivity contribution in [2.75, 3.05) is 0 Å². The molecule has 68 valence electrons. The molecular formula is C7H13N3O2. The molecule has 1 aromatic heterocycles. The van der Waals surface area contributed by atoms with E-state index in [0.717, 1.165) is 0 Å². The van der Waals surface area contributed by atoms with Crippen LogP contribution in [0.15, 0.2) is 4.52 Å². The summed E-state index contributed by atoms with van der Waals surface area (Å²) >= 11 is 0. The van der Waals surface area contributed by atoms with Crippen LogP contribution in [0.4, 0.5) is 0 Å². The van der Waals surface area contributed by atoms with Gasteiger partial charge in [0.1, 0.15) is 6.61 Å². The Morgan fingerprint density at radius 1 is 1.58 bits per heavy atom. The van der Waals surface area contributed by atoms with Gasteiger partial charge in [0.05, 0.1) is 12.6 Å². The Morgan fingerprint density at radius 3 is 2.83 bits per heavy atom. The van der Waals surface area contributed by atoms with Crippen LogP contribution in [0.3, 0.4) is 0 Å². The molecule has 0 atom stereocenters. The van der Waals surface area contributed by atoms with E-state index in [0.29, 0.717) is 24.9 Å². The smallest absolute Gasteiger partial charge is 0.252 e. The quantitative estimate of drug-likeness (QED) is 0.712. The predicted molar refractivity (Wildman–Crippen MR) is 42.1 cm³/mol. The molecule has 0 aliphatic rings. The second-order valence-electron chi connectivity index (χ2n) is 2.67. The maximum Gasteiger partial charge on any atom is 0.252 e. The minimum Gasteiger partial charge on any atom is -0.369 e. The van der Waals surface area contributed by atoms with E-state index in [-0.39, 0.29) is 6.10 Å². The molecule has 5 nitrogen and oxygen atoms in total. The number of nitrogens with zero attached hydrogens (tertiary/aromatic N) is 2. The number of hydrogen-bond acceptors (Lipinski definition) is 5. The van der Waals surface area contributed by atoms with Gasteiger partial charge in [0.15, 0.2) is 5.82 Å². The molecule has 0 unspecified atom stereocenters. The monoisotopic (exact) mass is 171 g/mol. The van der Waals surface area contributed by atoms with Gasteiger partial charge in [-0.15, -0.1) is 0 Å². The molecule has 0 aliphatic heterocycles. The minimum atomic E-state index is 0.165. The Bertz CT molecular complexity index is 234. The Balaban J connectivity index is 2.41. The van der Waals surface area contributed by atoms with E-state index in [1.54, 1.807) is 0 Å². The fourth-order valence-corrected chi connectivity index (χ4v) is 0.670. The first-order chi connectivity index (χ1) is 5.72. The van der Waals surface area contributed by atoms with Gasteiger partial charge in [-0.25, -0.2) is 0 Å². The summed E-state index contributed by atoms with van der Waals surface area (Å²) in [4.78, 5) is 3.97. The van der Waals surface area contributed by atoms with Crippen LogP contribution in [0.2, 0.25) is 0 Å². The number of rotatable bonds is 4. The zero-order valence-corrected chi connectivity index (χ0v) is 7.28. The van der Waals surface area contributed by atoms with Gasteiger partial charge in [0.25, 0.3) is 5.89 Å². The van der Waals surface area contributed by atoms with Gasteiger partial charge < -0.3 is 15.0 Å². The van der Waals surface area contributed by atoms with Crippen LogP contribution in [-0.4, -0.2) is 16.2 Å². The van der Waals surface area contributed by atoms with Crippen LogP contribution in [-0.2, 0) is 17.9 Å². The van der Waals surface area contributed by atoms with Gasteiger partial charge in [-0.1, -0.05) is 5.16 Å². The number of hydrogen-bond donors (Lipinski definition) is 1. The third-order valence-electron chi connectivity index (χ3n) is 1.23. The van der Waals surface area contributed by atoms with Gasteiger partial charge in [0.2, 0.25) is 0 Å². The van der Waals surface area contributed by atoms with Crippen LogP contribution in [0.1, 0.15) is 25.6 Å². The molecule has 0 fully saturated rings. The molecule has 0 aliphatic carbocycles. The Labute approximate surface area is 70.9 Å². The first-order valence-electron chi connectivity index (χ1n) is 3.85. The van der Waals surface area contributed by atoms with Crippen molar-refractivity contribution in [2.24, 2.45) is 5.73 Å². The number of aromatic nitrogens is 2. The van der Waals surface area contributed by atoms with Crippen LogP contribution in [0.5, 0.6) is 0 Å². The molecule has 1 rings (SSSR count). The third-order valence-corrected chi connectivity index (χ3v) is 1.23. The van der Waals surface area contributed by atoms with E-state index in [1.165, 1.54) is 0 Å². The molecule has 0 aromatic carbocycles. The molecular weight excluding hydrogens is 158 g/mol. The normalized spacial score (nSPS) is 11.0. The van der Waals surface area contributed by atoms with E-state index >= 15 is 0 Å². The van der Waals surface area contributed by atoms with Crippen molar-refractivity contribution in [3.63, 3.8) is 0 Å². The zero-order valence-electron chi connectivity index (χ0n) is 7.28. The summed E-state index contributed by atoms with van der Waals surface area (Å²) in [5.41, 5.74) is 5.29. The molecule has 0 bridgehead atoms. The largest absolute Gasteiger partial charge is 0.369 e. The Kier molecular flexibility index (Phi) is 3.19. The zero-order chi connectivity index (χ0) is 8.97. The summed E-state index contributed by atoms with van der Waals surface area (Å²) in [5.74, 6) is 0.988. The Morgan fingerprint density at radius 2 is 2.33 bits per heavy atom. The number of nitrogens with two attached hydrogens (primary N) is 1. The van der Waals surface area contributed by atoms with Gasteiger partial charge in [0, 0.05) is 0 Å². The van der Waals surface area contributed by atoms with E-state index in [1.807, 2.05) is 13.8 Å². The van der Waals surface area contributed by atoms with Crippen LogP contribution >= 0.6 is 0 Å². The molecule has 1 aromatic rings. The topological polar surface area (TPSA) is 74.2 Å². The summed E-state index contributed by atoms with van der Waals surface area (Å²) < 4.78 is 10.1. The van der Waals surface area contributed by atoms with Crippen molar-refractivity contribution >= 4 is 0 Å². The van der Waals surface area contributed by atoms with Crippen molar-refractivity contribution < 1.29 is 9.26 Å². The third kappa shape index (κ3) is 2.60. The van der Waals surface area contributed by atoms with Gasteiger partial charge >= 0.3 is 0 Å². The van der Waals surface area contributed by atoms with Gasteiger partial charge in [-0.3, -0.25) is 0 Å². The molecule has 0 radical (unpaired) electrons. The van der Waals surface area contributed by atoms with E-state index in [4.69, 9.17) is 15.0 Å². The summed E-state index contributed by atoms with van der Waals surface area (Å²) in [5, 5.41) is 3.62. The standard InChI is InChI=1S/C7H13N3O2/c1-5(2)11-4-7-9-6(3-8)10-12-7/h5H,3-4,8H2,1-2H3. The summed E-state index contributed by atoms with van der Waals surface area (Å²) in [6.45, 7) is 4.54. The van der Waals surface area contributed by atoms with Crippen molar-refractivity contribution in [1.82, 2.24) is 10.1 Å². The lowest BCUT2D eigenvalue weighted by molar-refractivity contribution is 0.0485. The highest BCUT2D eigenvalue weighted by Crippen LogP contribution is 2.00. The first kappa shape index (κ1) is 9.15. The van der Waals surface area contributed by atoms with E-state index in [2.05, 4.69) is 10.1 Å². The fourth-order valence-electron chi connectivity index (χ4n) is 0.670. The maximum atomic E-state index is 5.29. The maximum absolute atomic E-state index is 5.29. The van der Waals surface area contributed by atoms with Crippen LogP contribution in [0, 0.1) is 0 Å². The minimum absolute atomic E-state index is 0.165. The molecule has 0 spiro atoms. The van der Waals surface area contributed by atoms with Crippen LogP contribution in [0.25, 0.3) is 0 Å². The SMILES string of the molecule is CC(C)OCc1nc(CN)no1. The summed E-state index contributed by atoms with van der Waals surface area (Å²) in [6, 6.07) is 0. The van der Waals surface area contributed by atoms with E-state index < -0.39 is 0 Å². The van der Waals surface area contributed by atoms with Crippen molar-refractivity contribution in [3.05, 3.63) is 11.7 Å². The lowest BCUT2D eigenvalue weighted by Gasteiger charge is -2.02. The van der Waals surface area contributed by atoms with Gasteiger partial charge in [-0.2, -0.15) is 4.98 Å². The summed E-state index contributed by atoms with van der Waals surface area (Å²) in [6.07, 6.45) is 0.165. The first-order valence-corrected chi connectivity index (χ1v) is 3.85. The average Bonchev–Trinajstić information content (AvgIpc) is 2.48. The molecule has 0 saturated carbocycles. The molecule has 2 N–H and O–H groups in total. The molecule has 0 saturated heterocycles. The van der Waals surface area contributed by atoms with Crippen molar-refractivity contribution in [1.29, 1.82) is 0 Å². The lowest BCUT2D eigenvalue weighted by atomic mass is 10.5. The second-order valence-corrected chi connectivity index (χ2v) is 2.67. The van der Waals surface area contributed by atoms with Gasteiger partial charge in [-0.05, 0) is 13.8 Å². The van der Waals surface area contributed by atoms with Crippen molar-refractivity contribution in [2.45, 2.75) is 33.1 Å². The molecule has 12 heavy (non-hydrogen) atoms. The highest BCUT2D eigenvalue weighted by Gasteiger charge is 2.04. The van der Waals surface area contributed by atoms with Crippen LogP contribution < -0.4 is 5.73 Å². The molecule has 0 amide bonds. The fraction of sp³-hybridized carbons (Fsp3) is 0.714. The molecule has 5 heteroatoms. The Hall–Kier alpha value is -0.940. The lowest BCUT2D eigenvalue weighted by Crippen LogP contribution is -2.03. The number of ether oxygens (including phenoxy) is 1. The van der Waals surface area contributed by atoms with E-state index in [9.17, 15) is 0 Å². The summed E-state index contributed by atoms with van der Waals surface area (Å²) in [7, 11) is 0. The molecule has 1 heterocycles. The predicted octanol–water partition coefficient (Wildman–Crippen LogP) is 0.453. The highest BCUT2D eigenvalue weighted by atomic mass is 16.5. The highest BCUT2D eigenvalue weighted by molar-refractivity contribution is 4.83.